The molecule has 0 radical (unpaired) electrons. The van der Waals surface area contributed by atoms with Crippen molar-refractivity contribution in [3.63, 3.8) is 0 Å². The lowest BCUT2D eigenvalue weighted by molar-refractivity contribution is 0.415. The molecular weight excluding hydrogens is 404 g/mol. The molecule has 0 amide bonds. The van der Waals surface area contributed by atoms with Gasteiger partial charge in [-0.2, -0.15) is 0 Å². The third-order valence-electron chi connectivity index (χ3n) is 6.17. The largest absolute Gasteiger partial charge is 0.497 e. The van der Waals surface area contributed by atoms with Gasteiger partial charge in [0, 0.05) is 36.8 Å². The van der Waals surface area contributed by atoms with Crippen LogP contribution in [0.4, 0.5) is 0 Å². The lowest BCUT2D eigenvalue weighted by atomic mass is 9.88. The Labute approximate surface area is 204 Å². The normalized spacial score (nSPS) is 15.4. The lowest BCUT2D eigenvalue weighted by Crippen LogP contribution is -2.12. The third kappa shape index (κ3) is 3.48. The maximum atomic E-state index is 8.26. The van der Waals surface area contributed by atoms with Gasteiger partial charge in [0.15, 0.2) is 0 Å². The Bertz CT molecular complexity index is 1680. The first-order valence-corrected chi connectivity index (χ1v) is 10.9. The van der Waals surface area contributed by atoms with E-state index >= 15 is 0 Å². The summed E-state index contributed by atoms with van der Waals surface area (Å²) in [6, 6.07) is 19.8. The maximum Gasteiger partial charge on any atom is 0.137 e. The van der Waals surface area contributed by atoms with E-state index in [1.165, 1.54) is 18.2 Å². The van der Waals surface area contributed by atoms with Gasteiger partial charge in [-0.3, -0.25) is 4.57 Å². The van der Waals surface area contributed by atoms with Crippen molar-refractivity contribution in [3.8, 4) is 22.7 Å². The highest BCUT2D eigenvalue weighted by Crippen LogP contribution is 2.41. The first-order valence-electron chi connectivity index (χ1n) is 13.9. The summed E-state index contributed by atoms with van der Waals surface area (Å²) < 4.78 is 57.1. The quantitative estimate of drug-likeness (QED) is 0.286. The Balaban J connectivity index is 2.01. The molecule has 0 fully saturated rings. The molecule has 0 aliphatic heterocycles. The van der Waals surface area contributed by atoms with Crippen LogP contribution in [0, 0.1) is 13.7 Å². The smallest absolute Gasteiger partial charge is 0.137 e. The van der Waals surface area contributed by atoms with E-state index < -0.39 is 13.7 Å². The van der Waals surface area contributed by atoms with Gasteiger partial charge in [0.25, 0.3) is 0 Å². The van der Waals surface area contributed by atoms with Crippen LogP contribution in [0.3, 0.4) is 0 Å². The summed E-state index contributed by atoms with van der Waals surface area (Å²) in [5, 5.41) is 1.77. The predicted octanol–water partition coefficient (Wildman–Crippen LogP) is 7.77. The van der Waals surface area contributed by atoms with E-state index in [1.54, 1.807) is 19.4 Å². The molecule has 166 valence electrons. The Morgan fingerprint density at radius 1 is 0.879 bits per heavy atom. The second-order valence-corrected chi connectivity index (χ2v) is 9.30. The molecule has 0 aliphatic rings. The molecule has 0 saturated heterocycles. The Morgan fingerprint density at radius 3 is 2.33 bits per heavy atom. The minimum atomic E-state index is -2.52. The first-order chi connectivity index (χ1) is 18.2. The van der Waals surface area contributed by atoms with Crippen LogP contribution in [0.15, 0.2) is 72.9 Å². The molecule has 0 aliphatic carbocycles. The summed E-state index contributed by atoms with van der Waals surface area (Å²) in [7, 11) is 1.60. The van der Waals surface area contributed by atoms with E-state index in [9.17, 15) is 0 Å². The number of para-hydroxylation sites is 1. The maximum absolute atomic E-state index is 8.26. The molecule has 5 rings (SSSR count). The van der Waals surface area contributed by atoms with Gasteiger partial charge in [0.1, 0.15) is 11.6 Å². The van der Waals surface area contributed by atoms with Gasteiger partial charge >= 0.3 is 0 Å². The summed E-state index contributed by atoms with van der Waals surface area (Å²) in [4.78, 5) is 4.73. The van der Waals surface area contributed by atoms with Crippen molar-refractivity contribution in [1.29, 1.82) is 0 Å². The molecular formula is C30H30N2O. The number of nitrogens with zero attached hydrogens (tertiary/aromatic N) is 2. The topological polar surface area (TPSA) is 27.1 Å². The monoisotopic (exact) mass is 440 g/mol. The Hall–Kier alpha value is -3.59. The predicted molar refractivity (Wildman–Crippen MR) is 139 cm³/mol. The van der Waals surface area contributed by atoms with Gasteiger partial charge in [0.2, 0.25) is 0 Å². The fourth-order valence-corrected chi connectivity index (χ4v) is 4.46. The van der Waals surface area contributed by atoms with Crippen LogP contribution in [-0.2, 0) is 5.41 Å². The fraction of sp³-hybridized carbons (Fsp3) is 0.233. The molecule has 3 heteroatoms. The molecule has 0 spiro atoms. The van der Waals surface area contributed by atoms with Gasteiger partial charge < -0.3 is 4.74 Å². The number of benzene rings is 3. The van der Waals surface area contributed by atoms with E-state index in [4.69, 9.17) is 17.9 Å². The van der Waals surface area contributed by atoms with Crippen molar-refractivity contribution in [1.82, 2.24) is 9.55 Å². The number of rotatable bonds is 3. The van der Waals surface area contributed by atoms with E-state index in [0.717, 1.165) is 21.9 Å². The van der Waals surface area contributed by atoms with E-state index in [-0.39, 0.29) is 22.1 Å². The first kappa shape index (κ1) is 15.3. The highest BCUT2D eigenvalue weighted by Gasteiger charge is 2.21. The van der Waals surface area contributed by atoms with Crippen LogP contribution in [0.25, 0.3) is 38.8 Å². The van der Waals surface area contributed by atoms with Gasteiger partial charge in [-0.05, 0) is 65.6 Å². The number of fused-ring (bicyclic) bond motifs is 3. The highest BCUT2D eigenvalue weighted by molar-refractivity contribution is 6.14. The zero-order chi connectivity index (χ0) is 28.3. The van der Waals surface area contributed by atoms with Crippen LogP contribution in [0.2, 0.25) is 0 Å². The minimum Gasteiger partial charge on any atom is -0.497 e. The number of hydrogen-bond acceptors (Lipinski definition) is 2. The molecule has 5 aromatic rings. The van der Waals surface area contributed by atoms with Crippen LogP contribution in [-0.4, -0.2) is 16.7 Å². The Morgan fingerprint density at radius 2 is 1.64 bits per heavy atom. The molecule has 0 bridgehead atoms. The van der Waals surface area contributed by atoms with Crippen molar-refractivity contribution in [3.05, 3.63) is 89.6 Å². The molecule has 0 saturated carbocycles. The molecule has 2 aromatic heterocycles. The summed E-state index contributed by atoms with van der Waals surface area (Å²) in [6.07, 6.45) is 1.76. The number of ether oxygens (including phenoxy) is 1. The van der Waals surface area contributed by atoms with Crippen molar-refractivity contribution in [2.45, 2.75) is 39.9 Å². The molecule has 0 N–H and O–H groups in total. The lowest BCUT2D eigenvalue weighted by Gasteiger charge is -2.20. The zero-order valence-electron chi connectivity index (χ0n) is 25.2. The SMILES string of the molecule is [2H]C([2H])([2H])c1cccc(C([2H])([2H])[2H])c1-c1cccc2c3ccc(OC)cc3n(-c3cc(C(C)(C)C)ccn3)c12. The zero-order valence-corrected chi connectivity index (χ0v) is 19.2. The van der Waals surface area contributed by atoms with Gasteiger partial charge in [-0.15, -0.1) is 0 Å². The summed E-state index contributed by atoms with van der Waals surface area (Å²) in [5.74, 6) is 1.30. The van der Waals surface area contributed by atoms with Crippen LogP contribution in [0.5, 0.6) is 5.75 Å². The van der Waals surface area contributed by atoms with Crippen LogP contribution < -0.4 is 4.74 Å². The number of methoxy groups -OCH3 is 1. The molecule has 3 nitrogen and oxygen atoms in total. The van der Waals surface area contributed by atoms with E-state index in [1.807, 2.05) is 47.0 Å². The molecule has 0 unspecified atom stereocenters. The summed E-state index contributed by atoms with van der Waals surface area (Å²) in [6.45, 7) is 1.33. The van der Waals surface area contributed by atoms with Gasteiger partial charge in [-0.1, -0.05) is 57.2 Å². The van der Waals surface area contributed by atoms with Crippen molar-refractivity contribution in [2.24, 2.45) is 0 Å². The average molecular weight is 441 g/mol. The summed E-state index contributed by atoms with van der Waals surface area (Å²) >= 11 is 0. The minimum absolute atomic E-state index is 0.00517. The second kappa shape index (κ2) is 7.77. The average Bonchev–Trinajstić information content (AvgIpc) is 3.20. The van der Waals surface area contributed by atoms with Crippen molar-refractivity contribution in [2.75, 3.05) is 7.11 Å². The van der Waals surface area contributed by atoms with Crippen LogP contribution in [0.1, 0.15) is 45.7 Å². The standard InChI is InChI=1S/C30H30N2O/c1-19-9-7-10-20(2)28(19)25-12-8-11-24-23-14-13-22(33-6)18-26(23)32(29(24)25)27-17-21(15-16-31-27)30(3,4)5/h7-18H,1-6H3/i1D3,2D3. The van der Waals surface area contributed by atoms with E-state index in [0.29, 0.717) is 22.6 Å². The van der Waals surface area contributed by atoms with Crippen LogP contribution >= 0.6 is 0 Å². The van der Waals surface area contributed by atoms with Gasteiger partial charge in [-0.25, -0.2) is 4.98 Å². The summed E-state index contributed by atoms with van der Waals surface area (Å²) in [5.41, 5.74) is 3.14. The highest BCUT2D eigenvalue weighted by atomic mass is 16.5. The fourth-order valence-electron chi connectivity index (χ4n) is 4.46. The number of aromatic nitrogens is 2. The third-order valence-corrected chi connectivity index (χ3v) is 6.17. The molecule has 0 atom stereocenters. The van der Waals surface area contributed by atoms with Crippen molar-refractivity contribution < 1.29 is 13.0 Å². The molecule has 2 heterocycles. The molecule has 3 aromatic carbocycles. The number of pyridine rings is 1. The molecule has 33 heavy (non-hydrogen) atoms. The Kier molecular flexibility index (Phi) is 3.60. The van der Waals surface area contributed by atoms with Crippen molar-refractivity contribution >= 4 is 21.8 Å². The number of hydrogen-bond donors (Lipinski definition) is 0. The number of aryl methyl sites for hydroxylation is 2. The van der Waals surface area contributed by atoms with Gasteiger partial charge in [0.05, 0.1) is 18.1 Å². The second-order valence-electron chi connectivity index (χ2n) is 9.30. The van der Waals surface area contributed by atoms with E-state index in [2.05, 4.69) is 20.8 Å².